The highest BCUT2D eigenvalue weighted by molar-refractivity contribution is 5.81. The van der Waals surface area contributed by atoms with Crippen molar-refractivity contribution < 1.29 is 9.53 Å². The Morgan fingerprint density at radius 2 is 1.30 bits per heavy atom. The molecule has 2 unspecified atom stereocenters. The Labute approximate surface area is 170 Å². The van der Waals surface area contributed by atoms with Gasteiger partial charge in [-0.1, -0.05) is 105 Å². The maximum absolute atomic E-state index is 13.0. The van der Waals surface area contributed by atoms with Crippen molar-refractivity contribution in [1.29, 1.82) is 0 Å². The van der Waals surface area contributed by atoms with Gasteiger partial charge < -0.3 is 10.5 Å². The van der Waals surface area contributed by atoms with Crippen molar-refractivity contribution in [2.24, 2.45) is 11.7 Å². The molecule has 0 saturated carbocycles. The minimum Gasteiger partial charge on any atom is -0.464 e. The average Bonchev–Trinajstić information content (AvgIpc) is 2.67. The van der Waals surface area contributed by atoms with Crippen LogP contribution < -0.4 is 5.73 Å². The van der Waals surface area contributed by atoms with Crippen LogP contribution in [0.25, 0.3) is 0 Å². The Kier molecular flexibility index (Phi) is 17.2. The van der Waals surface area contributed by atoms with Gasteiger partial charge in [0.05, 0.1) is 6.61 Å². The van der Waals surface area contributed by atoms with Crippen molar-refractivity contribution in [3.05, 3.63) is 0 Å². The smallest absolute Gasteiger partial charge is 0.326 e. The Bertz CT molecular complexity index is 345. The third-order valence-electron chi connectivity index (χ3n) is 5.83. The first-order valence-electron chi connectivity index (χ1n) is 12.0. The van der Waals surface area contributed by atoms with Crippen molar-refractivity contribution >= 4 is 5.97 Å². The highest BCUT2D eigenvalue weighted by Crippen LogP contribution is 2.32. The van der Waals surface area contributed by atoms with Crippen molar-refractivity contribution in [3.63, 3.8) is 0 Å². The molecule has 0 aliphatic heterocycles. The van der Waals surface area contributed by atoms with Crippen LogP contribution in [0.4, 0.5) is 0 Å². The number of ether oxygens (including phenoxy) is 1. The summed E-state index contributed by atoms with van der Waals surface area (Å²) in [5.41, 5.74) is 6.04. The molecule has 0 fully saturated rings. The first-order valence-corrected chi connectivity index (χ1v) is 12.0. The second-order valence-corrected chi connectivity index (χ2v) is 8.38. The van der Waals surface area contributed by atoms with E-state index >= 15 is 0 Å². The predicted octanol–water partition coefficient (Wildman–Crippen LogP) is 7.16. The summed E-state index contributed by atoms with van der Waals surface area (Å²) in [7, 11) is 0. The summed E-state index contributed by atoms with van der Waals surface area (Å²) < 4.78 is 5.70. The summed E-state index contributed by atoms with van der Waals surface area (Å²) in [6, 6.07) is 0. The molecule has 0 aliphatic rings. The van der Waals surface area contributed by atoms with Gasteiger partial charge in [-0.05, 0) is 31.6 Å². The Morgan fingerprint density at radius 1 is 0.741 bits per heavy atom. The number of hydrogen-bond acceptors (Lipinski definition) is 3. The monoisotopic (exact) mass is 383 g/mol. The molecular weight excluding hydrogens is 334 g/mol. The van der Waals surface area contributed by atoms with Crippen molar-refractivity contribution in [3.8, 4) is 0 Å². The molecule has 2 atom stereocenters. The molecule has 0 aliphatic carbocycles. The zero-order chi connectivity index (χ0) is 20.4. The zero-order valence-electron chi connectivity index (χ0n) is 19.0. The molecular formula is C24H49NO2. The van der Waals surface area contributed by atoms with Gasteiger partial charge in [0.15, 0.2) is 0 Å². The van der Waals surface area contributed by atoms with Crippen LogP contribution in [0.15, 0.2) is 0 Å². The van der Waals surface area contributed by atoms with Gasteiger partial charge in [0, 0.05) is 0 Å². The maximum atomic E-state index is 13.0. The van der Waals surface area contributed by atoms with E-state index in [1.54, 1.807) is 0 Å². The van der Waals surface area contributed by atoms with E-state index in [4.69, 9.17) is 10.5 Å². The summed E-state index contributed by atoms with van der Waals surface area (Å²) in [6.45, 7) is 9.38. The van der Waals surface area contributed by atoms with E-state index in [9.17, 15) is 4.79 Å². The van der Waals surface area contributed by atoms with Crippen LogP contribution in [0.3, 0.4) is 0 Å². The number of unbranched alkanes of at least 4 members (excludes halogenated alkanes) is 9. The summed E-state index contributed by atoms with van der Waals surface area (Å²) in [4.78, 5) is 13.0. The van der Waals surface area contributed by atoms with E-state index in [1.165, 1.54) is 51.4 Å². The van der Waals surface area contributed by atoms with Gasteiger partial charge in [-0.2, -0.15) is 0 Å². The number of esters is 1. The molecule has 0 rings (SSSR count). The summed E-state index contributed by atoms with van der Waals surface area (Å²) >= 11 is 0. The molecule has 0 bridgehead atoms. The first kappa shape index (κ1) is 26.4. The third-order valence-corrected chi connectivity index (χ3v) is 5.83. The van der Waals surface area contributed by atoms with Crippen LogP contribution >= 0.6 is 0 Å². The van der Waals surface area contributed by atoms with Crippen molar-refractivity contribution in [2.75, 3.05) is 6.61 Å². The van der Waals surface area contributed by atoms with Crippen LogP contribution in [0.1, 0.15) is 130 Å². The van der Waals surface area contributed by atoms with E-state index in [2.05, 4.69) is 27.7 Å². The lowest BCUT2D eigenvalue weighted by Crippen LogP contribution is -2.55. The van der Waals surface area contributed by atoms with Crippen molar-refractivity contribution in [1.82, 2.24) is 0 Å². The van der Waals surface area contributed by atoms with Crippen LogP contribution in [0.5, 0.6) is 0 Å². The van der Waals surface area contributed by atoms with E-state index in [0.29, 0.717) is 6.61 Å². The molecule has 0 saturated heterocycles. The third kappa shape index (κ3) is 11.8. The minimum absolute atomic E-state index is 0.135. The number of nitrogens with two attached hydrogens (primary N) is 1. The number of hydrogen-bond donors (Lipinski definition) is 1. The maximum Gasteiger partial charge on any atom is 0.326 e. The van der Waals surface area contributed by atoms with Gasteiger partial charge in [0.25, 0.3) is 0 Å². The first-order chi connectivity index (χ1) is 13.1. The summed E-state index contributed by atoms with van der Waals surface area (Å²) in [5.74, 6) is 0.119. The van der Waals surface area contributed by atoms with Gasteiger partial charge in [-0.25, -0.2) is 0 Å². The standard InChI is InChI=1S/C24H49NO2/c1-5-9-12-15-19-22(18-8-4)24(25,20-16-13-10-6-2)23(26)27-21-17-14-11-7-3/h22H,5-21,25H2,1-4H3. The second kappa shape index (κ2) is 17.5. The SMILES string of the molecule is CCCCCCOC(=O)C(N)(CCCCCC)C(CCC)CCCCCC. The fraction of sp³-hybridized carbons (Fsp3) is 0.958. The molecule has 0 heterocycles. The van der Waals surface area contributed by atoms with Crippen LogP contribution in [0.2, 0.25) is 0 Å². The molecule has 0 amide bonds. The van der Waals surface area contributed by atoms with E-state index in [0.717, 1.165) is 51.4 Å². The van der Waals surface area contributed by atoms with E-state index in [-0.39, 0.29) is 11.9 Å². The molecule has 0 aromatic carbocycles. The lowest BCUT2D eigenvalue weighted by molar-refractivity contribution is -0.153. The molecule has 0 spiro atoms. The molecule has 2 N–H and O–H groups in total. The Hall–Kier alpha value is -0.570. The molecule has 0 aromatic rings. The van der Waals surface area contributed by atoms with E-state index < -0.39 is 5.54 Å². The normalized spacial score (nSPS) is 14.7. The van der Waals surface area contributed by atoms with Gasteiger partial charge >= 0.3 is 5.97 Å². The predicted molar refractivity (Wildman–Crippen MR) is 118 cm³/mol. The zero-order valence-corrected chi connectivity index (χ0v) is 19.0. The lowest BCUT2D eigenvalue weighted by atomic mass is 9.75. The quantitative estimate of drug-likeness (QED) is 0.190. The highest BCUT2D eigenvalue weighted by atomic mass is 16.5. The molecule has 0 radical (unpaired) electrons. The minimum atomic E-state index is -0.791. The van der Waals surface area contributed by atoms with E-state index in [1.807, 2.05) is 0 Å². The highest BCUT2D eigenvalue weighted by Gasteiger charge is 2.42. The average molecular weight is 384 g/mol. The fourth-order valence-corrected chi connectivity index (χ4v) is 3.97. The molecule has 0 aromatic heterocycles. The van der Waals surface area contributed by atoms with Gasteiger partial charge in [0.1, 0.15) is 5.54 Å². The Balaban J connectivity index is 4.88. The van der Waals surface area contributed by atoms with Crippen LogP contribution in [-0.2, 0) is 9.53 Å². The van der Waals surface area contributed by atoms with Gasteiger partial charge in [-0.3, -0.25) is 4.79 Å². The molecule has 27 heavy (non-hydrogen) atoms. The van der Waals surface area contributed by atoms with Crippen LogP contribution in [-0.4, -0.2) is 18.1 Å². The second-order valence-electron chi connectivity index (χ2n) is 8.38. The molecule has 162 valence electrons. The lowest BCUT2D eigenvalue weighted by Gasteiger charge is -2.36. The fourth-order valence-electron chi connectivity index (χ4n) is 3.97. The number of rotatable bonds is 19. The number of carbonyl (C=O) groups excluding carboxylic acids is 1. The van der Waals surface area contributed by atoms with Gasteiger partial charge in [-0.15, -0.1) is 0 Å². The largest absolute Gasteiger partial charge is 0.464 e. The molecule has 3 heteroatoms. The molecule has 3 nitrogen and oxygen atoms in total. The van der Waals surface area contributed by atoms with Crippen LogP contribution in [0, 0.1) is 5.92 Å². The van der Waals surface area contributed by atoms with Gasteiger partial charge in [0.2, 0.25) is 0 Å². The summed E-state index contributed by atoms with van der Waals surface area (Å²) in [6.07, 6.45) is 18.0. The number of carbonyl (C=O) groups is 1. The van der Waals surface area contributed by atoms with Crippen molar-refractivity contribution in [2.45, 2.75) is 136 Å². The Morgan fingerprint density at radius 3 is 1.85 bits per heavy atom. The topological polar surface area (TPSA) is 52.3 Å². The summed E-state index contributed by atoms with van der Waals surface area (Å²) in [5, 5.41) is 0.